The molecule has 3 aliphatic rings. The molecule has 3 rings (SSSR count). The summed E-state index contributed by atoms with van der Waals surface area (Å²) >= 11 is 0. The van der Waals surface area contributed by atoms with Crippen LogP contribution in [0.25, 0.3) is 0 Å². The molecule has 3 saturated carbocycles. The third kappa shape index (κ3) is 1.25. The van der Waals surface area contributed by atoms with Crippen LogP contribution in [0.4, 0.5) is 0 Å². The Hall–Kier alpha value is 0. The molecule has 0 saturated heterocycles. The molecule has 0 bridgehead atoms. The molecule has 74 valence electrons. The van der Waals surface area contributed by atoms with Crippen molar-refractivity contribution in [1.82, 2.24) is 0 Å². The van der Waals surface area contributed by atoms with Crippen LogP contribution in [0.15, 0.2) is 0 Å². The molecule has 0 aromatic carbocycles. The maximum Gasteiger partial charge on any atom is -0.0352 e. The number of rotatable bonds is 0. The van der Waals surface area contributed by atoms with Crippen molar-refractivity contribution >= 4 is 0 Å². The van der Waals surface area contributed by atoms with E-state index in [9.17, 15) is 0 Å². The van der Waals surface area contributed by atoms with Gasteiger partial charge in [-0.15, -0.1) is 0 Å². The van der Waals surface area contributed by atoms with E-state index in [-0.39, 0.29) is 0 Å². The molecule has 4 atom stereocenters. The minimum atomic E-state index is 1.19. The van der Waals surface area contributed by atoms with Gasteiger partial charge >= 0.3 is 0 Å². The first-order valence-corrected chi connectivity index (χ1v) is 6.47. The van der Waals surface area contributed by atoms with Gasteiger partial charge in [-0.1, -0.05) is 32.1 Å². The summed E-state index contributed by atoms with van der Waals surface area (Å²) in [4.78, 5) is 0. The third-order valence-corrected chi connectivity index (χ3v) is 5.10. The summed E-state index contributed by atoms with van der Waals surface area (Å²) in [5.41, 5.74) is 0. The fourth-order valence-electron chi connectivity index (χ4n) is 4.54. The molecule has 0 aromatic heterocycles. The molecule has 0 nitrogen and oxygen atoms in total. The van der Waals surface area contributed by atoms with Crippen LogP contribution in [0.3, 0.4) is 0 Å². The SMILES string of the molecule is C1CCCC2C(CC1)C1CCCC21. The van der Waals surface area contributed by atoms with Gasteiger partial charge in [0.15, 0.2) is 0 Å². The zero-order chi connectivity index (χ0) is 8.67. The molecule has 4 unspecified atom stereocenters. The Labute approximate surface area is 82.1 Å². The average molecular weight is 178 g/mol. The standard InChI is InChI=1S/C13H22/c1-2-4-7-11-10(6-3-1)12-8-5-9-13(11)12/h10-13H,1-9H2. The Kier molecular flexibility index (Phi) is 2.11. The smallest absolute Gasteiger partial charge is 0.0352 e. The van der Waals surface area contributed by atoms with Crippen LogP contribution in [0.2, 0.25) is 0 Å². The summed E-state index contributed by atoms with van der Waals surface area (Å²) < 4.78 is 0. The second-order valence-electron chi connectivity index (χ2n) is 5.58. The lowest BCUT2D eigenvalue weighted by Crippen LogP contribution is -2.44. The topological polar surface area (TPSA) is 0 Å². The normalized spacial score (nSPS) is 49.8. The molecule has 0 N–H and O–H groups in total. The van der Waals surface area contributed by atoms with Crippen LogP contribution in [0.5, 0.6) is 0 Å². The summed E-state index contributed by atoms with van der Waals surface area (Å²) in [6.45, 7) is 0. The summed E-state index contributed by atoms with van der Waals surface area (Å²) in [6, 6.07) is 0. The van der Waals surface area contributed by atoms with Crippen molar-refractivity contribution in [3.63, 3.8) is 0 Å². The van der Waals surface area contributed by atoms with E-state index in [1.165, 1.54) is 36.5 Å². The highest BCUT2D eigenvalue weighted by molar-refractivity contribution is 5.00. The Morgan fingerprint density at radius 3 is 1.23 bits per heavy atom. The maximum absolute atomic E-state index is 1.59. The first kappa shape index (κ1) is 8.32. The largest absolute Gasteiger partial charge is 0.0533 e. The summed E-state index contributed by atoms with van der Waals surface area (Å²) in [5, 5.41) is 0. The van der Waals surface area contributed by atoms with Gasteiger partial charge in [0.1, 0.15) is 0 Å². The molecular formula is C13H22. The lowest BCUT2D eigenvalue weighted by Gasteiger charge is -2.50. The fourth-order valence-corrected chi connectivity index (χ4v) is 4.54. The van der Waals surface area contributed by atoms with E-state index in [0.717, 1.165) is 0 Å². The number of fused-ring (bicyclic) bond motifs is 4. The Balaban J connectivity index is 1.69. The molecule has 0 aromatic rings. The molecule has 0 radical (unpaired) electrons. The van der Waals surface area contributed by atoms with Crippen LogP contribution < -0.4 is 0 Å². The van der Waals surface area contributed by atoms with Crippen LogP contribution in [-0.2, 0) is 0 Å². The second-order valence-corrected chi connectivity index (χ2v) is 5.58. The molecule has 0 amide bonds. The highest BCUT2D eigenvalue weighted by Gasteiger charge is 2.50. The van der Waals surface area contributed by atoms with Crippen molar-refractivity contribution in [2.45, 2.75) is 57.8 Å². The van der Waals surface area contributed by atoms with E-state index in [1.54, 1.807) is 44.9 Å². The van der Waals surface area contributed by atoms with Crippen LogP contribution in [-0.4, -0.2) is 0 Å². The third-order valence-electron chi connectivity index (χ3n) is 5.10. The van der Waals surface area contributed by atoms with Crippen molar-refractivity contribution in [2.75, 3.05) is 0 Å². The number of hydrogen-bond donors (Lipinski definition) is 0. The molecular weight excluding hydrogens is 156 g/mol. The highest BCUT2D eigenvalue weighted by atomic mass is 14.6. The van der Waals surface area contributed by atoms with Gasteiger partial charge in [0.2, 0.25) is 0 Å². The Morgan fingerprint density at radius 1 is 0.385 bits per heavy atom. The van der Waals surface area contributed by atoms with Crippen LogP contribution in [0.1, 0.15) is 57.8 Å². The first-order valence-electron chi connectivity index (χ1n) is 6.47. The second kappa shape index (κ2) is 3.29. The number of hydrogen-bond acceptors (Lipinski definition) is 0. The van der Waals surface area contributed by atoms with Crippen molar-refractivity contribution in [3.8, 4) is 0 Å². The maximum atomic E-state index is 1.59. The van der Waals surface area contributed by atoms with Gasteiger partial charge in [0.25, 0.3) is 0 Å². The van der Waals surface area contributed by atoms with Crippen LogP contribution in [0, 0.1) is 23.7 Å². The van der Waals surface area contributed by atoms with E-state index >= 15 is 0 Å². The molecule has 3 fully saturated rings. The molecule has 0 spiro atoms. The molecule has 13 heavy (non-hydrogen) atoms. The summed E-state index contributed by atoms with van der Waals surface area (Å²) in [7, 11) is 0. The van der Waals surface area contributed by atoms with E-state index in [4.69, 9.17) is 0 Å². The van der Waals surface area contributed by atoms with E-state index < -0.39 is 0 Å². The van der Waals surface area contributed by atoms with Gasteiger partial charge in [0.05, 0.1) is 0 Å². The zero-order valence-electron chi connectivity index (χ0n) is 8.67. The molecule has 0 heterocycles. The fraction of sp³-hybridized carbons (Fsp3) is 1.00. The van der Waals surface area contributed by atoms with Crippen molar-refractivity contribution in [3.05, 3.63) is 0 Å². The van der Waals surface area contributed by atoms with E-state index in [0.29, 0.717) is 0 Å². The predicted molar refractivity (Wildman–Crippen MR) is 55.5 cm³/mol. The van der Waals surface area contributed by atoms with Crippen LogP contribution >= 0.6 is 0 Å². The predicted octanol–water partition coefficient (Wildman–Crippen LogP) is 4.00. The molecule has 0 heteroatoms. The molecule has 3 aliphatic carbocycles. The minimum Gasteiger partial charge on any atom is -0.0533 e. The quantitative estimate of drug-likeness (QED) is 0.526. The Morgan fingerprint density at radius 2 is 0.769 bits per heavy atom. The molecule has 0 aliphatic heterocycles. The summed E-state index contributed by atoms with van der Waals surface area (Å²) in [5.74, 6) is 4.77. The van der Waals surface area contributed by atoms with Crippen molar-refractivity contribution < 1.29 is 0 Å². The van der Waals surface area contributed by atoms with Crippen molar-refractivity contribution in [2.24, 2.45) is 23.7 Å². The summed E-state index contributed by atoms with van der Waals surface area (Å²) in [6.07, 6.45) is 14.1. The van der Waals surface area contributed by atoms with Gasteiger partial charge in [0, 0.05) is 0 Å². The lowest BCUT2D eigenvalue weighted by atomic mass is 9.55. The lowest BCUT2D eigenvalue weighted by molar-refractivity contribution is -0.0171. The Bertz CT molecular complexity index is 164. The van der Waals surface area contributed by atoms with Gasteiger partial charge < -0.3 is 0 Å². The zero-order valence-corrected chi connectivity index (χ0v) is 8.67. The van der Waals surface area contributed by atoms with Gasteiger partial charge in [-0.05, 0) is 49.4 Å². The average Bonchev–Trinajstić information content (AvgIpc) is 2.48. The van der Waals surface area contributed by atoms with E-state index in [2.05, 4.69) is 0 Å². The monoisotopic (exact) mass is 178 g/mol. The van der Waals surface area contributed by atoms with Gasteiger partial charge in [-0.3, -0.25) is 0 Å². The first-order chi connectivity index (χ1) is 6.47. The van der Waals surface area contributed by atoms with E-state index in [1.807, 2.05) is 0 Å². The minimum absolute atomic E-state index is 1.19. The highest BCUT2D eigenvalue weighted by Crippen LogP contribution is 2.59. The van der Waals surface area contributed by atoms with Gasteiger partial charge in [-0.2, -0.15) is 0 Å². The van der Waals surface area contributed by atoms with Crippen molar-refractivity contribution in [1.29, 1.82) is 0 Å². The van der Waals surface area contributed by atoms with Gasteiger partial charge in [-0.25, -0.2) is 0 Å².